The lowest BCUT2D eigenvalue weighted by atomic mass is 9.79. The number of halogens is 1. The molecule has 4 heterocycles. The first-order chi connectivity index (χ1) is 27.6. The van der Waals surface area contributed by atoms with E-state index in [0.717, 1.165) is 56.9 Å². The Morgan fingerprint density at radius 1 is 0.719 bits per heavy atom. The van der Waals surface area contributed by atoms with Gasteiger partial charge in [-0.3, -0.25) is 19.2 Å². The van der Waals surface area contributed by atoms with Gasteiger partial charge in [0.25, 0.3) is 0 Å². The first kappa shape index (κ1) is 43.6. The van der Waals surface area contributed by atoms with Gasteiger partial charge in [0.2, 0.25) is 23.6 Å². The maximum atomic E-state index is 14.4. The summed E-state index contributed by atoms with van der Waals surface area (Å²) in [7, 11) is 2.68. The molecule has 8 atom stereocenters. The molecule has 2 N–H and O–H groups in total. The summed E-state index contributed by atoms with van der Waals surface area (Å²) < 4.78 is 10.2. The van der Waals surface area contributed by atoms with Crippen LogP contribution < -0.4 is 10.6 Å². The van der Waals surface area contributed by atoms with E-state index in [1.54, 1.807) is 39.4 Å². The van der Waals surface area contributed by atoms with Crippen LogP contribution in [0.1, 0.15) is 108 Å². The number of ether oxygens (including phenoxy) is 2. The highest BCUT2D eigenvalue weighted by atomic mass is 35.5. The number of rotatable bonds is 13. The molecule has 1 aromatic carbocycles. The smallest absolute Gasteiger partial charge is 0.328 e. The van der Waals surface area contributed by atoms with Crippen LogP contribution in [0.4, 0.5) is 0 Å². The maximum Gasteiger partial charge on any atom is 0.328 e. The predicted octanol–water partition coefficient (Wildman–Crippen LogP) is 5.87. The fourth-order valence-corrected chi connectivity index (χ4v) is 12.5. The van der Waals surface area contributed by atoms with Crippen LogP contribution in [-0.4, -0.2) is 106 Å². The van der Waals surface area contributed by atoms with Gasteiger partial charge in [-0.05, 0) is 112 Å². The first-order valence-electron chi connectivity index (χ1n) is 21.0. The van der Waals surface area contributed by atoms with E-state index < -0.39 is 47.9 Å². The summed E-state index contributed by atoms with van der Waals surface area (Å²) >= 11 is 9.68. The number of esters is 2. The molecule has 0 spiro atoms. The molecular weight excluding hydrogens is 788 g/mol. The van der Waals surface area contributed by atoms with Gasteiger partial charge < -0.3 is 29.9 Å². The molecule has 314 valence electrons. The zero-order chi connectivity index (χ0) is 40.5. The Labute approximate surface area is 350 Å². The zero-order valence-electron chi connectivity index (χ0n) is 33.3. The third-order valence-corrected chi connectivity index (χ3v) is 15.5. The lowest BCUT2D eigenvalue weighted by Gasteiger charge is -2.40. The summed E-state index contributed by atoms with van der Waals surface area (Å²) in [4.78, 5) is 85.9. The molecule has 4 aliphatic heterocycles. The van der Waals surface area contributed by atoms with E-state index in [9.17, 15) is 28.8 Å². The van der Waals surface area contributed by atoms with Gasteiger partial charge in [0.1, 0.15) is 24.2 Å². The number of thioether (sulfide) groups is 2. The number of nitrogens with one attached hydrogen (secondary N) is 2. The van der Waals surface area contributed by atoms with E-state index in [1.165, 1.54) is 20.6 Å². The van der Waals surface area contributed by atoms with Crippen molar-refractivity contribution in [2.75, 3.05) is 25.7 Å². The van der Waals surface area contributed by atoms with Gasteiger partial charge in [-0.25, -0.2) is 9.59 Å². The quantitative estimate of drug-likeness (QED) is 0.231. The summed E-state index contributed by atoms with van der Waals surface area (Å²) in [5.74, 6) is -1.15. The molecule has 0 radical (unpaired) electrons. The minimum Gasteiger partial charge on any atom is -0.467 e. The Bertz CT molecular complexity index is 1610. The molecule has 0 bridgehead atoms. The number of piperidine rings is 2. The molecule has 15 heteroatoms. The highest BCUT2D eigenvalue weighted by Crippen LogP contribution is 2.37. The second-order valence-corrected chi connectivity index (χ2v) is 19.3. The van der Waals surface area contributed by atoms with E-state index in [-0.39, 0.29) is 34.4 Å². The Balaban J connectivity index is 1.20. The molecule has 1 unspecified atom stereocenters. The van der Waals surface area contributed by atoms with Crippen LogP contribution in [0, 0.1) is 17.8 Å². The third-order valence-electron chi connectivity index (χ3n) is 12.6. The van der Waals surface area contributed by atoms with Crippen molar-refractivity contribution in [1.29, 1.82) is 0 Å². The van der Waals surface area contributed by atoms with Crippen molar-refractivity contribution in [3.8, 4) is 0 Å². The number of nitrogens with zero attached hydrogens (tertiary/aromatic N) is 2. The Morgan fingerprint density at radius 3 is 1.77 bits per heavy atom. The molecule has 1 saturated carbocycles. The first-order valence-corrected chi connectivity index (χ1v) is 23.4. The molecule has 4 saturated heterocycles. The van der Waals surface area contributed by atoms with Crippen molar-refractivity contribution in [2.24, 2.45) is 17.8 Å². The molecule has 5 fully saturated rings. The van der Waals surface area contributed by atoms with Crippen LogP contribution in [0.15, 0.2) is 24.3 Å². The normalized spacial score (nSPS) is 28.1. The average molecular weight is 848 g/mol. The fraction of sp³-hybridized carbons (Fsp3) is 0.714. The summed E-state index contributed by atoms with van der Waals surface area (Å²) in [6.45, 7) is 0. The van der Waals surface area contributed by atoms with Gasteiger partial charge in [0, 0.05) is 16.9 Å². The second-order valence-electron chi connectivity index (χ2n) is 16.3. The van der Waals surface area contributed by atoms with Gasteiger partial charge in [-0.2, -0.15) is 0 Å². The van der Waals surface area contributed by atoms with Gasteiger partial charge >= 0.3 is 11.9 Å². The fourth-order valence-electron chi connectivity index (χ4n) is 9.54. The van der Waals surface area contributed by atoms with Gasteiger partial charge in [-0.1, -0.05) is 55.8 Å². The molecule has 1 aromatic rings. The largest absolute Gasteiger partial charge is 0.467 e. The van der Waals surface area contributed by atoms with Crippen LogP contribution in [0.5, 0.6) is 0 Å². The van der Waals surface area contributed by atoms with Crippen molar-refractivity contribution in [2.45, 2.75) is 144 Å². The highest BCUT2D eigenvalue weighted by molar-refractivity contribution is 8.00. The monoisotopic (exact) mass is 846 g/mol. The number of amides is 4. The van der Waals surface area contributed by atoms with Crippen LogP contribution >= 0.6 is 35.1 Å². The Kier molecular flexibility index (Phi) is 15.9. The average Bonchev–Trinajstić information content (AvgIpc) is 3.48. The van der Waals surface area contributed by atoms with E-state index in [4.69, 9.17) is 21.1 Å². The number of fused-ring (bicyclic) bond motifs is 2. The summed E-state index contributed by atoms with van der Waals surface area (Å²) in [6, 6.07) is 4.50. The summed E-state index contributed by atoms with van der Waals surface area (Å²) in [5, 5.41) is 6.50. The number of hydrogen-bond donors (Lipinski definition) is 2. The summed E-state index contributed by atoms with van der Waals surface area (Å²) in [6.07, 6.45) is 12.5. The number of carbonyl (C=O) groups is 6. The lowest BCUT2D eigenvalue weighted by Crippen LogP contribution is -2.58. The standard InChI is InChI=1S/C42H59ClN4O8S2/c1-54-41(52)33-13-7-15-35-46(33)39(50)31(19-21-56-35)44-37(48)28(23-26-9-4-3-5-10-26)17-18-29(24-27-11-6-12-30(43)25-27)38(49)45-32-20-22-57-36-16-8-14-34(42(53)55-2)47(36)40(32)51/h6,11-12,25-26,28-29,31-36H,3-5,7-10,13-24H2,1-2H3,(H,44,48)(H,45,49)/t28-,29-,31+,32+,33+,34+,35+,36?/m1/s1. The molecule has 1 aliphatic carbocycles. The molecule has 4 amide bonds. The van der Waals surface area contributed by atoms with Crippen molar-refractivity contribution >= 4 is 70.7 Å². The molecule has 6 rings (SSSR count). The molecular formula is C42H59ClN4O8S2. The predicted molar refractivity (Wildman–Crippen MR) is 221 cm³/mol. The maximum absolute atomic E-state index is 14.4. The van der Waals surface area contributed by atoms with Crippen LogP contribution in [0.2, 0.25) is 5.02 Å². The topological polar surface area (TPSA) is 151 Å². The minimum atomic E-state index is -0.796. The van der Waals surface area contributed by atoms with E-state index in [1.807, 2.05) is 18.2 Å². The number of carbonyl (C=O) groups excluding carboxylic acids is 6. The van der Waals surface area contributed by atoms with Crippen molar-refractivity contribution in [3.05, 3.63) is 34.9 Å². The SMILES string of the molecule is COC(=O)[C@@H]1CCCC2SCC[C@H](NC(=O)[C@H](CC[C@H](CC3CCCCC3)C(=O)N[C@H]3CCS[C@H]4CCC[C@@H](C(=O)OC)N4C3=O)Cc3cccc(Cl)c3)C(=O)N21. The van der Waals surface area contributed by atoms with Crippen LogP contribution in [-0.2, 0) is 44.7 Å². The number of benzene rings is 1. The minimum absolute atomic E-state index is 0.132. The molecule has 12 nitrogen and oxygen atoms in total. The van der Waals surface area contributed by atoms with Crippen molar-refractivity contribution in [3.63, 3.8) is 0 Å². The van der Waals surface area contributed by atoms with E-state index in [0.29, 0.717) is 73.8 Å². The molecule has 57 heavy (non-hydrogen) atoms. The Hall–Kier alpha value is -2.97. The number of methoxy groups -OCH3 is 2. The van der Waals surface area contributed by atoms with E-state index in [2.05, 4.69) is 10.6 Å². The third kappa shape index (κ3) is 11.0. The van der Waals surface area contributed by atoms with Crippen LogP contribution in [0.25, 0.3) is 0 Å². The number of hydrogen-bond acceptors (Lipinski definition) is 10. The second kappa shape index (κ2) is 20.8. The lowest BCUT2D eigenvalue weighted by molar-refractivity contribution is -0.156. The zero-order valence-corrected chi connectivity index (χ0v) is 35.7. The van der Waals surface area contributed by atoms with Crippen molar-refractivity contribution < 1.29 is 38.2 Å². The summed E-state index contributed by atoms with van der Waals surface area (Å²) in [5.41, 5.74) is 0.873. The molecule has 5 aliphatic rings. The highest BCUT2D eigenvalue weighted by Gasteiger charge is 2.45. The van der Waals surface area contributed by atoms with E-state index >= 15 is 0 Å². The van der Waals surface area contributed by atoms with Crippen molar-refractivity contribution in [1.82, 2.24) is 20.4 Å². The van der Waals surface area contributed by atoms with Gasteiger partial charge in [0.05, 0.1) is 25.0 Å². The van der Waals surface area contributed by atoms with Gasteiger partial charge in [-0.15, -0.1) is 23.5 Å². The Morgan fingerprint density at radius 2 is 1.25 bits per heavy atom. The molecule has 0 aromatic heterocycles. The van der Waals surface area contributed by atoms with Crippen LogP contribution in [0.3, 0.4) is 0 Å². The van der Waals surface area contributed by atoms with Gasteiger partial charge in [0.15, 0.2) is 0 Å².